The first-order valence-electron chi connectivity index (χ1n) is 19.3. The predicted molar refractivity (Wildman–Crippen MR) is 258 cm³/mol. The molecule has 3 aliphatic heterocycles. The minimum Gasteiger partial charge on any atom is -0.741 e. The van der Waals surface area contributed by atoms with Crippen LogP contribution in [-0.4, -0.2) is 105 Å². The number of hydrogen-bond acceptors (Lipinski definition) is 14. The number of halogens is 6. The summed E-state index contributed by atoms with van der Waals surface area (Å²) in [7, 11) is -8.60. The third-order valence-corrected chi connectivity index (χ3v) is 15.8. The summed E-state index contributed by atoms with van der Waals surface area (Å²) in [6, 6.07) is 24.2. The highest BCUT2D eigenvalue weighted by Crippen LogP contribution is 2.49. The molecular weight excluding hydrogens is 1030 g/mol. The fourth-order valence-electron chi connectivity index (χ4n) is 5.06. The molecule has 0 radical (unpaired) electrons. The van der Waals surface area contributed by atoms with E-state index in [1.54, 1.807) is 18.4 Å². The van der Waals surface area contributed by atoms with Gasteiger partial charge in [0.1, 0.15) is 17.2 Å². The molecule has 6 rings (SSSR count). The number of alkyl halides is 6. The molecule has 1 saturated heterocycles. The first kappa shape index (κ1) is 60.8. The molecule has 65 heavy (non-hydrogen) atoms. The molecule has 0 aromatic heterocycles. The largest absolute Gasteiger partial charge is 0.741 e. The van der Waals surface area contributed by atoms with Gasteiger partial charge < -0.3 is 23.9 Å². The first-order chi connectivity index (χ1) is 30.4. The van der Waals surface area contributed by atoms with Crippen molar-refractivity contribution in [1.82, 2.24) is 0 Å². The number of para-hydroxylation sites is 3. The zero-order valence-electron chi connectivity index (χ0n) is 35.2. The number of thioether (sulfide) groups is 3. The van der Waals surface area contributed by atoms with E-state index < -0.39 is 37.2 Å². The molecule has 3 aliphatic rings. The van der Waals surface area contributed by atoms with Crippen LogP contribution in [0.2, 0.25) is 0 Å². The number of rotatable bonds is 10. The van der Waals surface area contributed by atoms with Crippen LogP contribution in [0, 0.1) is 0 Å². The molecule has 0 aliphatic carbocycles. The smallest absolute Gasteiger partial charge is 0.522 e. The molecule has 0 atom stereocenters. The number of carboxylic acids is 1. The third kappa shape index (κ3) is 25.1. The average Bonchev–Trinajstić information content (AvgIpc) is 3.26. The Morgan fingerprint density at radius 2 is 1.29 bits per heavy atom. The summed E-state index contributed by atoms with van der Waals surface area (Å²) in [6.07, 6.45) is 9.03. The third-order valence-electron chi connectivity index (χ3n) is 8.17. The number of thiol groups is 2. The van der Waals surface area contributed by atoms with E-state index in [0.29, 0.717) is 6.42 Å². The Morgan fingerprint density at radius 3 is 1.72 bits per heavy atom. The van der Waals surface area contributed by atoms with Crippen molar-refractivity contribution < 1.29 is 76.4 Å². The van der Waals surface area contributed by atoms with Gasteiger partial charge in [0.25, 0.3) is 0 Å². The van der Waals surface area contributed by atoms with Crippen LogP contribution in [0.15, 0.2) is 72.8 Å². The Bertz CT molecular complexity index is 2060. The quantitative estimate of drug-likeness (QED) is 0.0377. The molecule has 1 spiro atoms. The van der Waals surface area contributed by atoms with E-state index in [0.717, 1.165) is 60.0 Å². The van der Waals surface area contributed by atoms with Crippen LogP contribution in [0.25, 0.3) is 0 Å². The molecule has 0 bridgehead atoms. The van der Waals surface area contributed by atoms with Crippen LogP contribution in [0.1, 0.15) is 55.2 Å². The Hall–Kier alpha value is -2.23. The first-order valence-corrected chi connectivity index (χ1v) is 27.4. The van der Waals surface area contributed by atoms with Crippen LogP contribution < -0.4 is 14.2 Å². The van der Waals surface area contributed by atoms with Gasteiger partial charge in [-0.1, -0.05) is 66.4 Å². The van der Waals surface area contributed by atoms with Gasteiger partial charge in [0.2, 0.25) is 8.46 Å². The standard InChI is InChI=1S/C13H17OS2.C12H14OS2.C10H12O3.C3H8S2.2CHF3O3S/c1-14-12-6-3-2-5-11(12)7-8-13-15-9-4-10-16-13;1-2-5-11-10(4-1)6-7-12(13-11)14-8-3-9-15-12;1-13-9-5-3-2-4-8(9)6-7-10(11)12;4-2-1-3-5;2*2-1(3,4)8(5,6)7/h2-3,5-6H,4,7-10H2,1H3;1-2,4-5H,3,6-9H2;2-5H,6-7H2,1H3,(H,11,12);4-5H,1-3H2;2*(H,5,6,7)/q+1;;;;;/p-1. The van der Waals surface area contributed by atoms with Crippen molar-refractivity contribution in [3.63, 3.8) is 0 Å². The zero-order valence-corrected chi connectivity index (χ0v) is 41.9. The van der Waals surface area contributed by atoms with Crippen molar-refractivity contribution in [3.05, 3.63) is 89.5 Å². The van der Waals surface area contributed by atoms with Crippen LogP contribution in [-0.2, 0) is 55.6 Å². The normalized spacial score (nSPS) is 15.2. The number of benzene rings is 3. The van der Waals surface area contributed by atoms with Crippen molar-refractivity contribution in [2.24, 2.45) is 0 Å². The van der Waals surface area contributed by atoms with E-state index in [9.17, 15) is 31.1 Å². The van der Waals surface area contributed by atoms with E-state index in [-0.39, 0.29) is 10.7 Å². The van der Waals surface area contributed by atoms with Gasteiger partial charge in [0, 0.05) is 31.4 Å². The monoisotopic (exact) mass is 1080 g/mol. The maximum Gasteiger partial charge on any atom is 0.522 e. The summed E-state index contributed by atoms with van der Waals surface area (Å²) >= 11 is 16.0. The number of aliphatic carboxylic acids is 1. The van der Waals surface area contributed by atoms with Gasteiger partial charge in [-0.2, -0.15) is 60.0 Å². The Labute approximate surface area is 404 Å². The molecular formula is C40H52F6O11S8. The number of carboxylic acid groups (broad SMARTS) is 1. The SMILES string of the molecule is COc1ccccc1CCC(=O)O.COc1ccccc1CCC1=[S+]CCCS1.O=S(=O)(O)C(F)(F)F.O=S(=O)([O-])C(F)(F)F.SCCCS.c1ccc2c(c1)CCC1(O2)SCCCS1. The van der Waals surface area contributed by atoms with E-state index >= 15 is 0 Å². The highest BCUT2D eigenvalue weighted by atomic mass is 32.2. The summed E-state index contributed by atoms with van der Waals surface area (Å²) in [4.78, 5) is 10.3. The van der Waals surface area contributed by atoms with Gasteiger partial charge >= 0.3 is 27.1 Å². The Kier molecular flexibility index (Phi) is 29.0. The van der Waals surface area contributed by atoms with Gasteiger partial charge in [0.05, 0.1) is 14.2 Å². The number of fused-ring (bicyclic) bond motifs is 1. The maximum absolute atomic E-state index is 10.7. The summed E-state index contributed by atoms with van der Waals surface area (Å²) in [6.45, 7) is 0. The van der Waals surface area contributed by atoms with Gasteiger partial charge in [-0.05, 0) is 90.0 Å². The van der Waals surface area contributed by atoms with Crippen LogP contribution in [0.4, 0.5) is 26.3 Å². The summed E-state index contributed by atoms with van der Waals surface area (Å²) in [5, 5.41) is 8.50. The van der Waals surface area contributed by atoms with E-state index in [1.165, 1.54) is 53.4 Å². The van der Waals surface area contributed by atoms with E-state index in [2.05, 4.69) is 61.7 Å². The fraction of sp³-hybridized carbons (Fsp3) is 0.500. The minimum absolute atomic E-state index is 0.0343. The topological polar surface area (TPSA) is 177 Å². The van der Waals surface area contributed by atoms with Crippen molar-refractivity contribution in [2.45, 2.75) is 73.1 Å². The Morgan fingerprint density at radius 1 is 0.800 bits per heavy atom. The second-order valence-electron chi connectivity index (χ2n) is 13.0. The van der Waals surface area contributed by atoms with Gasteiger partial charge in [-0.15, -0.1) is 23.5 Å². The molecule has 0 saturated carbocycles. The van der Waals surface area contributed by atoms with Gasteiger partial charge in [-0.3, -0.25) is 9.35 Å². The van der Waals surface area contributed by atoms with Gasteiger partial charge in [0.15, 0.2) is 27.2 Å². The summed E-state index contributed by atoms with van der Waals surface area (Å²) in [5.41, 5.74) is -7.55. The molecule has 3 aromatic rings. The predicted octanol–water partition coefficient (Wildman–Crippen LogP) is 9.91. The van der Waals surface area contributed by atoms with Crippen molar-refractivity contribution in [1.29, 1.82) is 0 Å². The molecule has 0 unspecified atom stereocenters. The minimum atomic E-state index is -6.09. The molecule has 1 fully saturated rings. The van der Waals surface area contributed by atoms with Gasteiger partial charge in [-0.25, -0.2) is 8.42 Å². The van der Waals surface area contributed by atoms with Crippen molar-refractivity contribution in [3.8, 4) is 17.2 Å². The van der Waals surface area contributed by atoms with Crippen LogP contribution in [0.5, 0.6) is 17.2 Å². The number of hydrogen-bond donors (Lipinski definition) is 4. The lowest BCUT2D eigenvalue weighted by Gasteiger charge is -2.39. The lowest BCUT2D eigenvalue weighted by molar-refractivity contribution is -0.136. The molecule has 3 aromatic carbocycles. The molecule has 0 amide bonds. The van der Waals surface area contributed by atoms with Crippen LogP contribution in [0.3, 0.4) is 0 Å². The summed E-state index contributed by atoms with van der Waals surface area (Å²) < 4.78 is 135. The highest BCUT2D eigenvalue weighted by molar-refractivity contribution is 8.22. The second kappa shape index (κ2) is 31.0. The Balaban J connectivity index is 0.000000406. The second-order valence-corrected chi connectivity index (χ2v) is 22.3. The summed E-state index contributed by atoms with van der Waals surface area (Å²) in [5.74, 6) is 9.11. The number of ether oxygens (including phenoxy) is 3. The fourth-order valence-corrected chi connectivity index (χ4v) is 11.2. The lowest BCUT2D eigenvalue weighted by atomic mass is 10.1. The average molecular weight is 1080 g/mol. The van der Waals surface area contributed by atoms with E-state index in [4.69, 9.17) is 45.3 Å². The molecule has 368 valence electrons. The zero-order chi connectivity index (χ0) is 49.2. The number of aryl methyl sites for hydroxylation is 3. The number of methoxy groups -OCH3 is 2. The molecule has 2 N–H and O–H groups in total. The van der Waals surface area contributed by atoms with E-state index in [1.807, 2.05) is 83.0 Å². The van der Waals surface area contributed by atoms with Crippen molar-refractivity contribution >= 4 is 102 Å². The molecule has 11 nitrogen and oxygen atoms in total. The number of carbonyl (C=O) groups is 1. The lowest BCUT2D eigenvalue weighted by Crippen LogP contribution is -2.35. The van der Waals surface area contributed by atoms with Crippen molar-refractivity contribution in [2.75, 3.05) is 48.7 Å². The maximum atomic E-state index is 10.7. The highest BCUT2D eigenvalue weighted by Gasteiger charge is 2.44. The molecule has 3 heterocycles. The van der Waals surface area contributed by atoms with Crippen LogP contribution >= 0.6 is 60.5 Å². The molecule has 25 heteroatoms.